The zero-order chi connectivity index (χ0) is 30.2. The number of benzene rings is 3. The van der Waals surface area contributed by atoms with Crippen molar-refractivity contribution in [3.8, 4) is 11.5 Å². The molecule has 3 aromatic rings. The predicted molar refractivity (Wildman–Crippen MR) is 170 cm³/mol. The van der Waals surface area contributed by atoms with Crippen LogP contribution in [0.4, 0.5) is 22.7 Å². The first-order chi connectivity index (χ1) is 20.2. The highest BCUT2D eigenvalue weighted by Gasteiger charge is 2.33. The van der Waals surface area contributed by atoms with E-state index < -0.39 is 10.8 Å². The Kier molecular flexibility index (Phi) is 10.2. The Labute approximate surface area is 253 Å². The van der Waals surface area contributed by atoms with E-state index in [-0.39, 0.29) is 23.9 Å². The highest BCUT2D eigenvalue weighted by atomic mass is 32.2. The van der Waals surface area contributed by atoms with E-state index in [2.05, 4.69) is 10.2 Å². The minimum Gasteiger partial charge on any atom is -0.494 e. The number of carbonyl (C=O) groups excluding carboxylic acids is 2. The number of ether oxygens (including phenoxy) is 2. The maximum absolute atomic E-state index is 13.4. The van der Waals surface area contributed by atoms with Crippen molar-refractivity contribution in [1.29, 1.82) is 0 Å². The van der Waals surface area contributed by atoms with Gasteiger partial charge in [0.15, 0.2) is 10.9 Å². The third-order valence-electron chi connectivity index (χ3n) is 6.31. The topological polar surface area (TPSA) is 114 Å². The number of nitro groups is 1. The largest absolute Gasteiger partial charge is 0.494 e. The van der Waals surface area contributed by atoms with Gasteiger partial charge in [0.25, 0.3) is 17.5 Å². The molecule has 1 aliphatic heterocycles. The molecule has 4 rings (SSSR count). The molecular weight excluding hydrogens is 576 g/mol. The van der Waals surface area contributed by atoms with Crippen LogP contribution in [-0.4, -0.2) is 47.4 Å². The van der Waals surface area contributed by atoms with Crippen molar-refractivity contribution in [2.45, 2.75) is 20.8 Å². The second-order valence-electron chi connectivity index (χ2n) is 8.98. The van der Waals surface area contributed by atoms with Crippen LogP contribution in [0.25, 0.3) is 6.08 Å². The number of anilines is 3. The number of nitro benzene ring substituents is 1. The summed E-state index contributed by atoms with van der Waals surface area (Å²) in [7, 11) is 0. The van der Waals surface area contributed by atoms with Gasteiger partial charge in [-0.3, -0.25) is 24.6 Å². The maximum atomic E-state index is 13.4. The van der Waals surface area contributed by atoms with Crippen LogP contribution in [-0.2, 0) is 9.59 Å². The molecule has 1 fully saturated rings. The van der Waals surface area contributed by atoms with Gasteiger partial charge >= 0.3 is 0 Å². The van der Waals surface area contributed by atoms with Gasteiger partial charge in [0.05, 0.1) is 22.1 Å². The normalized spacial score (nSPS) is 13.8. The van der Waals surface area contributed by atoms with Gasteiger partial charge in [0.1, 0.15) is 11.5 Å². The first-order valence-electron chi connectivity index (χ1n) is 13.3. The molecule has 0 aromatic heterocycles. The lowest BCUT2D eigenvalue weighted by atomic mass is 10.1. The second kappa shape index (κ2) is 14.0. The summed E-state index contributed by atoms with van der Waals surface area (Å²) in [5.41, 5.74) is 2.28. The number of thiocarbonyl (C=S) groups is 1. The number of carbonyl (C=O) groups is 2. The van der Waals surface area contributed by atoms with E-state index in [1.54, 1.807) is 36.4 Å². The number of amides is 2. The molecule has 1 heterocycles. The average molecular weight is 607 g/mol. The number of thioether (sulfide) groups is 1. The standard InChI is InChI=1S/C30H30N4O6S2/c1-4-32(5-2)23-11-10-20(26(18-23)40-19-28(35)31-21-8-7-9-24(17-21)34(37)38)16-27-29(36)33(30(41)42-27)22-12-14-25(15-13-22)39-6-3/h7-18H,4-6,19H2,1-3H3,(H,31,35)/b27-16+. The number of rotatable bonds is 12. The molecule has 3 aromatic carbocycles. The highest BCUT2D eigenvalue weighted by molar-refractivity contribution is 8.27. The summed E-state index contributed by atoms with van der Waals surface area (Å²) in [4.78, 5) is 40.6. The van der Waals surface area contributed by atoms with Crippen LogP contribution in [0.3, 0.4) is 0 Å². The summed E-state index contributed by atoms with van der Waals surface area (Å²) < 4.78 is 11.8. The van der Waals surface area contributed by atoms with E-state index >= 15 is 0 Å². The highest BCUT2D eigenvalue weighted by Crippen LogP contribution is 2.38. The molecule has 0 spiro atoms. The summed E-state index contributed by atoms with van der Waals surface area (Å²) in [6.45, 7) is 7.70. The third-order valence-corrected chi connectivity index (χ3v) is 7.61. The molecule has 0 aliphatic carbocycles. The average Bonchev–Trinajstić information content (AvgIpc) is 3.26. The molecule has 42 heavy (non-hydrogen) atoms. The first-order valence-corrected chi connectivity index (χ1v) is 14.5. The van der Waals surface area contributed by atoms with Gasteiger partial charge in [-0.25, -0.2) is 0 Å². The van der Waals surface area contributed by atoms with Crippen molar-refractivity contribution in [3.05, 3.63) is 87.3 Å². The van der Waals surface area contributed by atoms with Crippen LogP contribution >= 0.6 is 24.0 Å². The maximum Gasteiger partial charge on any atom is 0.271 e. The number of non-ortho nitro benzene ring substituents is 1. The molecule has 2 amide bonds. The number of hydrogen-bond acceptors (Lipinski definition) is 9. The third kappa shape index (κ3) is 7.25. The molecule has 0 unspecified atom stereocenters. The summed E-state index contributed by atoms with van der Waals surface area (Å²) >= 11 is 6.71. The molecule has 12 heteroatoms. The molecule has 0 saturated carbocycles. The van der Waals surface area contributed by atoms with Gasteiger partial charge in [-0.1, -0.05) is 30.0 Å². The van der Waals surface area contributed by atoms with E-state index in [9.17, 15) is 19.7 Å². The van der Waals surface area contributed by atoms with Crippen LogP contribution in [0.5, 0.6) is 11.5 Å². The zero-order valence-corrected chi connectivity index (χ0v) is 25.0. The Balaban J connectivity index is 1.57. The second-order valence-corrected chi connectivity index (χ2v) is 10.7. The Morgan fingerprint density at radius 2 is 1.81 bits per heavy atom. The Bertz CT molecular complexity index is 1520. The Morgan fingerprint density at radius 1 is 1.07 bits per heavy atom. The van der Waals surface area contributed by atoms with Crippen LogP contribution < -0.4 is 24.6 Å². The van der Waals surface area contributed by atoms with E-state index in [0.717, 1.165) is 18.8 Å². The van der Waals surface area contributed by atoms with E-state index in [0.29, 0.717) is 38.6 Å². The van der Waals surface area contributed by atoms with Gasteiger partial charge in [-0.05, 0) is 69.3 Å². The van der Waals surface area contributed by atoms with Gasteiger partial charge in [-0.2, -0.15) is 0 Å². The summed E-state index contributed by atoms with van der Waals surface area (Å²) in [5, 5.41) is 13.7. The Morgan fingerprint density at radius 3 is 2.48 bits per heavy atom. The van der Waals surface area contributed by atoms with Crippen LogP contribution in [0.15, 0.2) is 71.6 Å². The van der Waals surface area contributed by atoms with Crippen LogP contribution in [0, 0.1) is 10.1 Å². The lowest BCUT2D eigenvalue weighted by Crippen LogP contribution is -2.27. The lowest BCUT2D eigenvalue weighted by Gasteiger charge is -2.22. The van der Waals surface area contributed by atoms with Crippen molar-refractivity contribution in [2.24, 2.45) is 0 Å². The van der Waals surface area contributed by atoms with Gasteiger partial charge in [0, 0.05) is 48.2 Å². The number of hydrogen-bond donors (Lipinski definition) is 1. The molecule has 1 aliphatic rings. The van der Waals surface area contributed by atoms with E-state index in [4.69, 9.17) is 21.7 Å². The van der Waals surface area contributed by atoms with Crippen molar-refractivity contribution in [3.63, 3.8) is 0 Å². The quantitative estimate of drug-likeness (QED) is 0.110. The SMILES string of the molecule is CCOc1ccc(N2C(=O)/C(=C\c3ccc(N(CC)CC)cc3OCC(=O)Nc3cccc([N+](=O)[O-])c3)SC2=S)cc1. The van der Waals surface area contributed by atoms with Crippen LogP contribution in [0.2, 0.25) is 0 Å². The van der Waals surface area contributed by atoms with Gasteiger partial charge < -0.3 is 19.7 Å². The summed E-state index contributed by atoms with van der Waals surface area (Å²) in [5.74, 6) is 0.347. The Hall–Kier alpha value is -4.42. The van der Waals surface area contributed by atoms with Crippen molar-refractivity contribution in [1.82, 2.24) is 0 Å². The number of nitrogens with zero attached hydrogens (tertiary/aromatic N) is 3. The summed E-state index contributed by atoms with van der Waals surface area (Å²) in [6, 6.07) is 18.4. The predicted octanol–water partition coefficient (Wildman–Crippen LogP) is 6.26. The number of nitrogens with one attached hydrogen (secondary N) is 1. The smallest absolute Gasteiger partial charge is 0.271 e. The molecular formula is C30H30N4O6S2. The molecule has 0 radical (unpaired) electrons. The van der Waals surface area contributed by atoms with Gasteiger partial charge in [0.2, 0.25) is 0 Å². The lowest BCUT2D eigenvalue weighted by molar-refractivity contribution is -0.384. The van der Waals surface area contributed by atoms with Crippen molar-refractivity contribution >= 4 is 68.9 Å². The fourth-order valence-electron chi connectivity index (χ4n) is 4.28. The molecule has 1 saturated heterocycles. The first kappa shape index (κ1) is 30.5. The van der Waals surface area contributed by atoms with Gasteiger partial charge in [-0.15, -0.1) is 0 Å². The summed E-state index contributed by atoms with van der Waals surface area (Å²) in [6.07, 6.45) is 1.70. The van der Waals surface area contributed by atoms with Crippen molar-refractivity contribution < 1.29 is 24.0 Å². The molecule has 10 nitrogen and oxygen atoms in total. The molecule has 0 bridgehead atoms. The molecule has 218 valence electrons. The fraction of sp³-hybridized carbons (Fsp3) is 0.233. The fourth-order valence-corrected chi connectivity index (χ4v) is 5.57. The minimum atomic E-state index is -0.532. The minimum absolute atomic E-state index is 0.134. The van der Waals surface area contributed by atoms with Crippen LogP contribution in [0.1, 0.15) is 26.3 Å². The van der Waals surface area contributed by atoms with E-state index in [1.807, 2.05) is 39.0 Å². The molecule has 0 atom stereocenters. The molecule has 1 N–H and O–H groups in total. The van der Waals surface area contributed by atoms with E-state index in [1.165, 1.54) is 34.9 Å². The van der Waals surface area contributed by atoms with Crippen molar-refractivity contribution in [2.75, 3.05) is 41.4 Å². The zero-order valence-electron chi connectivity index (χ0n) is 23.4. The monoisotopic (exact) mass is 606 g/mol.